The lowest BCUT2D eigenvalue weighted by atomic mass is 9.33. The Morgan fingerprint density at radius 3 is 1.90 bits per heavy atom. The molecule has 402 valence electrons. The van der Waals surface area contributed by atoms with Crippen LogP contribution in [0.15, 0.2) is 11.6 Å². The molecule has 25 atom stereocenters. The van der Waals surface area contributed by atoms with Gasteiger partial charge in [0, 0.05) is 24.7 Å². The number of ketones is 1. The first-order valence-electron chi connectivity index (χ1n) is 25.1. The third-order valence-electron chi connectivity index (χ3n) is 19.7. The summed E-state index contributed by atoms with van der Waals surface area (Å²) in [6.45, 7) is 16.1. The number of fused-ring (bicyclic) bond motifs is 7. The number of rotatable bonds is 10. The summed E-state index contributed by atoms with van der Waals surface area (Å²) in [5, 5.41) is 107. The van der Waals surface area contributed by atoms with Gasteiger partial charge in [-0.1, -0.05) is 47.1 Å². The van der Waals surface area contributed by atoms with Crippen molar-refractivity contribution in [2.24, 2.45) is 50.2 Å². The minimum absolute atomic E-state index is 0.0484. The Hall–Kier alpha value is -2.74. The third-order valence-corrected chi connectivity index (χ3v) is 19.7. The summed E-state index contributed by atoms with van der Waals surface area (Å²) in [5.74, 6) is -4.14. The molecule has 21 heteroatoms. The van der Waals surface area contributed by atoms with Crippen molar-refractivity contribution in [2.75, 3.05) is 6.61 Å². The van der Waals surface area contributed by atoms with Crippen molar-refractivity contribution in [2.45, 2.75) is 218 Å². The standard InChI is InChI=1S/C50H76O21/c1-20-29(54)31(56)35(60)41(65-20)70-37-32(57)30(55)25(19-51)67-42(37)71-38-34(59)33(58)36(40(61)62)69-43(38)68-27-11-12-48(7)26(45(27,3)4)10-13-50(9)39(48)24(53)16-22-23-17-46(5,44(63)64)18-28(66-21(2)52)47(23,6)14-15-49(22,50)8/h16,20,23,25-39,41-43,51,54-60H,10-15,17-19H2,1-9H3,(H,61,62)(H,63,64)/t20-,23+,25+,26-,27-,28+,29-,30+,31+,32-,33-,34+,35+,36+,37+,38-,39+,41-,42-,43-,46+,47+,48-,49+,50+/m1/s1. The molecular formula is C50H76O21. The van der Waals surface area contributed by atoms with E-state index in [2.05, 4.69) is 27.7 Å². The second-order valence-corrected chi connectivity index (χ2v) is 24.0. The number of esters is 1. The van der Waals surface area contributed by atoms with Gasteiger partial charge in [-0.2, -0.15) is 0 Å². The second-order valence-electron chi connectivity index (χ2n) is 24.0. The van der Waals surface area contributed by atoms with E-state index in [4.69, 9.17) is 33.2 Å². The molecule has 3 aliphatic heterocycles. The number of carboxylic acid groups (broad SMARTS) is 2. The number of carbonyl (C=O) groups excluding carboxylic acids is 2. The van der Waals surface area contributed by atoms with Gasteiger partial charge in [0.1, 0.15) is 67.1 Å². The summed E-state index contributed by atoms with van der Waals surface area (Å²) in [4.78, 5) is 53.0. The Balaban J connectivity index is 1.08. The number of allylic oxidation sites excluding steroid dienone is 2. The lowest BCUT2D eigenvalue weighted by Gasteiger charge is -2.71. The predicted octanol–water partition coefficient (Wildman–Crippen LogP) is 0.547. The molecule has 0 bridgehead atoms. The first-order chi connectivity index (χ1) is 32.9. The summed E-state index contributed by atoms with van der Waals surface area (Å²) in [5.41, 5.74) is -3.38. The van der Waals surface area contributed by atoms with Crippen LogP contribution >= 0.6 is 0 Å². The summed E-state index contributed by atoms with van der Waals surface area (Å²) in [7, 11) is 0. The van der Waals surface area contributed by atoms with Crippen molar-refractivity contribution >= 4 is 23.7 Å². The number of carboxylic acids is 2. The lowest BCUT2D eigenvalue weighted by Crippen LogP contribution is -2.68. The maximum absolute atomic E-state index is 15.2. The normalized spacial score (nSPS) is 52.7. The van der Waals surface area contributed by atoms with Crippen LogP contribution in [0.25, 0.3) is 0 Å². The van der Waals surface area contributed by atoms with E-state index in [-0.39, 0.29) is 30.5 Å². The lowest BCUT2D eigenvalue weighted by molar-refractivity contribution is -0.395. The smallest absolute Gasteiger partial charge is 0.335 e. The molecule has 4 saturated carbocycles. The van der Waals surface area contributed by atoms with Gasteiger partial charge in [0.2, 0.25) is 0 Å². The van der Waals surface area contributed by atoms with Crippen molar-refractivity contribution in [3.8, 4) is 0 Å². The van der Waals surface area contributed by atoms with Crippen LogP contribution in [0.1, 0.15) is 114 Å². The Morgan fingerprint density at radius 1 is 0.676 bits per heavy atom. The van der Waals surface area contributed by atoms with Crippen LogP contribution in [-0.2, 0) is 52.3 Å². The fourth-order valence-corrected chi connectivity index (χ4v) is 15.3. The molecule has 0 aromatic carbocycles. The van der Waals surface area contributed by atoms with E-state index in [0.717, 1.165) is 5.57 Å². The first-order valence-corrected chi connectivity index (χ1v) is 25.1. The maximum Gasteiger partial charge on any atom is 0.335 e. The van der Waals surface area contributed by atoms with Crippen LogP contribution in [0.5, 0.6) is 0 Å². The van der Waals surface area contributed by atoms with Gasteiger partial charge in [-0.25, -0.2) is 4.79 Å². The first kappa shape index (κ1) is 54.5. The Kier molecular flexibility index (Phi) is 14.5. The molecule has 0 aromatic rings. The number of hydrogen-bond donors (Lipinski definition) is 10. The molecule has 0 aromatic heterocycles. The largest absolute Gasteiger partial charge is 0.481 e. The zero-order valence-electron chi connectivity index (χ0n) is 42.0. The van der Waals surface area contributed by atoms with E-state index in [1.54, 1.807) is 13.0 Å². The van der Waals surface area contributed by atoms with Gasteiger partial charge in [-0.05, 0) is 98.4 Å². The van der Waals surface area contributed by atoms with Crippen LogP contribution in [0, 0.1) is 50.2 Å². The number of hydrogen-bond acceptors (Lipinski definition) is 19. The maximum atomic E-state index is 15.2. The minimum Gasteiger partial charge on any atom is -0.481 e. The van der Waals surface area contributed by atoms with Gasteiger partial charge in [-0.15, -0.1) is 0 Å². The fourth-order valence-electron chi connectivity index (χ4n) is 15.3. The Labute approximate surface area is 412 Å². The number of aliphatic carboxylic acids is 2. The number of ether oxygens (including phenoxy) is 7. The minimum atomic E-state index is -2.10. The topological polar surface area (TPSA) is 335 Å². The van der Waals surface area contributed by atoms with Crippen molar-refractivity contribution < 1.29 is 103 Å². The molecule has 0 radical (unpaired) electrons. The van der Waals surface area contributed by atoms with Gasteiger partial charge in [0.25, 0.3) is 0 Å². The SMILES string of the molecule is CC(=O)O[C@H]1C[C@@](C)(C(=O)O)C[C@H]2C3=CC(=O)[C@H]4[C@]5(C)CC[C@@H](O[C@@H]6O[C@H](C(=O)O)[C@H](O)[C@H](O)[C@H]6O[C@H]6O[C@@H](CO)[C@H](O)[C@@H](O)[C@@H]6O[C@H]6O[C@H](C)[C@@H](O)[C@H](O)[C@@H]6O)C(C)(C)[C@H]5CC[C@]4(C)[C@@]3(C)CC[C@]12C. The summed E-state index contributed by atoms with van der Waals surface area (Å²) in [6.07, 6.45) is -22.5. The summed E-state index contributed by atoms with van der Waals surface area (Å²) < 4.78 is 42.1. The van der Waals surface area contributed by atoms with E-state index in [9.17, 15) is 65.4 Å². The molecule has 8 aliphatic rings. The second kappa shape index (κ2) is 18.8. The van der Waals surface area contributed by atoms with Gasteiger partial charge in [0.05, 0.1) is 24.2 Å². The Bertz CT molecular complexity index is 2100. The molecule has 0 spiro atoms. The summed E-state index contributed by atoms with van der Waals surface area (Å²) >= 11 is 0. The molecular weight excluding hydrogens is 937 g/mol. The molecule has 0 unspecified atom stereocenters. The van der Waals surface area contributed by atoms with Crippen LogP contribution in [0.2, 0.25) is 0 Å². The highest BCUT2D eigenvalue weighted by Gasteiger charge is 2.72. The molecule has 7 fully saturated rings. The number of aliphatic hydroxyl groups excluding tert-OH is 8. The molecule has 8 rings (SSSR count). The molecule has 21 nitrogen and oxygen atoms in total. The van der Waals surface area contributed by atoms with Gasteiger partial charge < -0.3 is 84.2 Å². The fraction of sp³-hybridized carbons (Fsp3) is 0.880. The molecule has 3 saturated heterocycles. The highest BCUT2D eigenvalue weighted by molar-refractivity contribution is 5.95. The third kappa shape index (κ3) is 8.53. The quantitative estimate of drug-likeness (QED) is 0.105. The van der Waals surface area contributed by atoms with Crippen molar-refractivity contribution in [1.82, 2.24) is 0 Å². The zero-order chi connectivity index (χ0) is 52.5. The average molecular weight is 1010 g/mol. The highest BCUT2D eigenvalue weighted by atomic mass is 16.8. The van der Waals surface area contributed by atoms with Crippen molar-refractivity contribution in [3.63, 3.8) is 0 Å². The number of carbonyl (C=O) groups is 4. The number of aliphatic hydroxyl groups is 8. The highest BCUT2D eigenvalue weighted by Crippen LogP contribution is 2.75. The van der Waals surface area contributed by atoms with Crippen LogP contribution in [-0.4, -0.2) is 186 Å². The van der Waals surface area contributed by atoms with Gasteiger partial charge >= 0.3 is 17.9 Å². The monoisotopic (exact) mass is 1010 g/mol. The van der Waals surface area contributed by atoms with E-state index in [1.165, 1.54) is 13.8 Å². The van der Waals surface area contributed by atoms with Crippen molar-refractivity contribution in [3.05, 3.63) is 11.6 Å². The van der Waals surface area contributed by atoms with E-state index < -0.39 is 167 Å². The van der Waals surface area contributed by atoms with Gasteiger partial charge in [0.15, 0.2) is 30.8 Å². The van der Waals surface area contributed by atoms with Gasteiger partial charge in [-0.3, -0.25) is 14.4 Å². The Morgan fingerprint density at radius 2 is 1.30 bits per heavy atom. The van der Waals surface area contributed by atoms with Crippen LogP contribution < -0.4 is 0 Å². The molecule has 71 heavy (non-hydrogen) atoms. The summed E-state index contributed by atoms with van der Waals surface area (Å²) in [6, 6.07) is 0. The van der Waals surface area contributed by atoms with Crippen molar-refractivity contribution in [1.29, 1.82) is 0 Å². The average Bonchev–Trinajstić information content (AvgIpc) is 3.28. The van der Waals surface area contributed by atoms with E-state index in [1.807, 2.05) is 13.8 Å². The van der Waals surface area contributed by atoms with Crippen LogP contribution in [0.3, 0.4) is 0 Å². The molecule has 10 N–H and O–H groups in total. The predicted molar refractivity (Wildman–Crippen MR) is 241 cm³/mol. The molecule has 0 amide bonds. The van der Waals surface area contributed by atoms with E-state index in [0.29, 0.717) is 38.5 Å². The zero-order valence-corrected chi connectivity index (χ0v) is 42.0. The molecule has 3 heterocycles. The van der Waals surface area contributed by atoms with E-state index >= 15 is 4.79 Å². The molecule has 5 aliphatic carbocycles. The van der Waals surface area contributed by atoms with Crippen LogP contribution in [0.4, 0.5) is 0 Å².